The fourth-order valence-corrected chi connectivity index (χ4v) is 3.00. The third-order valence-electron chi connectivity index (χ3n) is 3.14. The summed E-state index contributed by atoms with van der Waals surface area (Å²) in [6.45, 7) is 3.54. The van der Waals surface area contributed by atoms with Gasteiger partial charge in [-0.2, -0.15) is 0 Å². The van der Waals surface area contributed by atoms with E-state index in [0.29, 0.717) is 11.6 Å². The van der Waals surface area contributed by atoms with Crippen molar-refractivity contribution in [2.24, 2.45) is 5.73 Å². The molecule has 0 unspecified atom stereocenters. The van der Waals surface area contributed by atoms with E-state index in [2.05, 4.69) is 39.9 Å². The van der Waals surface area contributed by atoms with Gasteiger partial charge in [0.2, 0.25) is 0 Å². The molecule has 2 rings (SSSR count). The molecule has 106 valence electrons. The molecule has 0 amide bonds. The molecule has 0 heterocycles. The van der Waals surface area contributed by atoms with Crippen molar-refractivity contribution in [1.29, 1.82) is 0 Å². The molecule has 0 saturated heterocycles. The van der Waals surface area contributed by atoms with Crippen LogP contribution in [0.2, 0.25) is 5.02 Å². The molecule has 0 aliphatic heterocycles. The van der Waals surface area contributed by atoms with Crippen LogP contribution in [0.25, 0.3) is 0 Å². The lowest BCUT2D eigenvalue weighted by Gasteiger charge is -2.26. The Morgan fingerprint density at radius 2 is 1.90 bits per heavy atom. The Bertz CT molecular complexity index is 572. The first kappa shape index (κ1) is 15.4. The van der Waals surface area contributed by atoms with Gasteiger partial charge in [-0.1, -0.05) is 36.7 Å². The molecule has 0 spiro atoms. The van der Waals surface area contributed by atoms with Gasteiger partial charge in [-0.15, -0.1) is 0 Å². The first-order chi connectivity index (χ1) is 9.67. The number of anilines is 2. The Labute approximate surface area is 133 Å². The van der Waals surface area contributed by atoms with Gasteiger partial charge in [-0.25, -0.2) is 0 Å². The Hall–Kier alpha value is -1.03. The van der Waals surface area contributed by atoms with E-state index in [4.69, 9.17) is 17.3 Å². The van der Waals surface area contributed by atoms with E-state index >= 15 is 0 Å². The number of rotatable bonds is 5. The van der Waals surface area contributed by atoms with E-state index in [9.17, 15) is 0 Å². The van der Waals surface area contributed by atoms with Crippen molar-refractivity contribution < 1.29 is 0 Å². The number of hydrogen-bond acceptors (Lipinski definition) is 2. The monoisotopic (exact) mass is 352 g/mol. The Kier molecular flexibility index (Phi) is 5.46. The number of benzene rings is 2. The quantitative estimate of drug-likeness (QED) is 0.809. The third kappa shape index (κ3) is 3.35. The number of hydrogen-bond donors (Lipinski definition) is 1. The molecular formula is C16H18BrClN2. The summed E-state index contributed by atoms with van der Waals surface area (Å²) in [5, 5.41) is 0.711. The average molecular weight is 354 g/mol. The molecule has 0 aliphatic carbocycles. The molecule has 0 fully saturated rings. The number of nitrogens with zero attached hydrogens (tertiary/aromatic N) is 1. The first-order valence-electron chi connectivity index (χ1n) is 6.68. The summed E-state index contributed by atoms with van der Waals surface area (Å²) < 4.78 is 1.01. The highest BCUT2D eigenvalue weighted by molar-refractivity contribution is 9.10. The molecular weight excluding hydrogens is 336 g/mol. The van der Waals surface area contributed by atoms with E-state index in [-0.39, 0.29) is 0 Å². The maximum Gasteiger partial charge on any atom is 0.0570 e. The Morgan fingerprint density at radius 3 is 2.50 bits per heavy atom. The molecule has 2 N–H and O–H groups in total. The molecule has 0 radical (unpaired) electrons. The lowest BCUT2D eigenvalue weighted by molar-refractivity contribution is 0.883. The van der Waals surface area contributed by atoms with Crippen LogP contribution in [0.3, 0.4) is 0 Å². The maximum atomic E-state index is 6.31. The van der Waals surface area contributed by atoms with Crippen molar-refractivity contribution in [1.82, 2.24) is 0 Å². The van der Waals surface area contributed by atoms with E-state index < -0.39 is 0 Å². The molecule has 0 aromatic heterocycles. The molecule has 0 bridgehead atoms. The zero-order valence-electron chi connectivity index (χ0n) is 11.4. The number of para-hydroxylation sites is 1. The molecule has 2 aromatic carbocycles. The number of nitrogens with two attached hydrogens (primary N) is 1. The Morgan fingerprint density at radius 1 is 1.20 bits per heavy atom. The van der Waals surface area contributed by atoms with Gasteiger partial charge in [-0.3, -0.25) is 0 Å². The third-order valence-corrected chi connectivity index (χ3v) is 4.13. The fraction of sp³-hybridized carbons (Fsp3) is 0.250. The van der Waals surface area contributed by atoms with Crippen molar-refractivity contribution in [3.8, 4) is 0 Å². The van der Waals surface area contributed by atoms with Crippen LogP contribution < -0.4 is 10.6 Å². The molecule has 0 saturated carbocycles. The second-order valence-electron chi connectivity index (χ2n) is 4.59. The minimum atomic E-state index is 0.441. The zero-order valence-corrected chi connectivity index (χ0v) is 13.8. The highest BCUT2D eigenvalue weighted by Gasteiger charge is 2.14. The average Bonchev–Trinajstić information content (AvgIpc) is 2.48. The molecule has 2 nitrogen and oxygen atoms in total. The van der Waals surface area contributed by atoms with E-state index in [1.165, 1.54) is 0 Å². The van der Waals surface area contributed by atoms with Crippen LogP contribution >= 0.6 is 27.5 Å². The molecule has 2 aromatic rings. The minimum Gasteiger partial charge on any atom is -0.341 e. The zero-order chi connectivity index (χ0) is 14.5. The van der Waals surface area contributed by atoms with Crippen LogP contribution in [0.15, 0.2) is 46.9 Å². The SMILES string of the molecule is CCCN(c1ccccc1)c1cc(Cl)c(CN)cc1Br. The van der Waals surface area contributed by atoms with Gasteiger partial charge in [0.1, 0.15) is 0 Å². The van der Waals surface area contributed by atoms with Gasteiger partial charge in [0.15, 0.2) is 0 Å². The topological polar surface area (TPSA) is 29.3 Å². The van der Waals surface area contributed by atoms with Crippen LogP contribution in [-0.4, -0.2) is 6.54 Å². The van der Waals surface area contributed by atoms with E-state index in [1.54, 1.807) is 0 Å². The molecule has 0 atom stereocenters. The molecule has 0 aliphatic rings. The molecule has 4 heteroatoms. The van der Waals surface area contributed by atoms with Crippen molar-refractivity contribution in [2.45, 2.75) is 19.9 Å². The second-order valence-corrected chi connectivity index (χ2v) is 5.85. The predicted octanol–water partition coefficient (Wildman–Crippen LogP) is 5.11. The Balaban J connectivity index is 2.47. The predicted molar refractivity (Wildman–Crippen MR) is 90.8 cm³/mol. The lowest BCUT2D eigenvalue weighted by atomic mass is 10.1. The van der Waals surface area contributed by atoms with Gasteiger partial charge >= 0.3 is 0 Å². The summed E-state index contributed by atoms with van der Waals surface area (Å²) >= 11 is 9.94. The van der Waals surface area contributed by atoms with Crippen molar-refractivity contribution in [3.05, 3.63) is 57.5 Å². The largest absolute Gasteiger partial charge is 0.341 e. The minimum absolute atomic E-state index is 0.441. The first-order valence-corrected chi connectivity index (χ1v) is 7.85. The lowest BCUT2D eigenvalue weighted by Crippen LogP contribution is -2.18. The van der Waals surface area contributed by atoms with Gasteiger partial charge in [0.25, 0.3) is 0 Å². The maximum absolute atomic E-state index is 6.31. The van der Waals surface area contributed by atoms with Crippen LogP contribution in [0.5, 0.6) is 0 Å². The summed E-state index contributed by atoms with van der Waals surface area (Å²) in [6, 6.07) is 14.3. The number of halogens is 2. The van der Waals surface area contributed by atoms with Crippen LogP contribution in [0.4, 0.5) is 11.4 Å². The summed E-state index contributed by atoms with van der Waals surface area (Å²) in [7, 11) is 0. The van der Waals surface area contributed by atoms with E-state index in [0.717, 1.165) is 34.4 Å². The fourth-order valence-electron chi connectivity index (χ4n) is 2.16. The normalized spacial score (nSPS) is 10.6. The van der Waals surface area contributed by atoms with Crippen molar-refractivity contribution >= 4 is 38.9 Å². The summed E-state index contributed by atoms with van der Waals surface area (Å²) in [6.07, 6.45) is 1.05. The van der Waals surface area contributed by atoms with E-state index in [1.807, 2.05) is 30.3 Å². The summed E-state index contributed by atoms with van der Waals surface area (Å²) in [5.41, 5.74) is 8.88. The van der Waals surface area contributed by atoms with Gasteiger partial charge < -0.3 is 10.6 Å². The van der Waals surface area contributed by atoms with Gasteiger partial charge in [0.05, 0.1) is 5.69 Å². The summed E-state index contributed by atoms with van der Waals surface area (Å²) in [4.78, 5) is 2.26. The highest BCUT2D eigenvalue weighted by atomic mass is 79.9. The second kappa shape index (κ2) is 7.11. The van der Waals surface area contributed by atoms with Crippen molar-refractivity contribution in [3.63, 3.8) is 0 Å². The van der Waals surface area contributed by atoms with Crippen LogP contribution in [-0.2, 0) is 6.54 Å². The highest BCUT2D eigenvalue weighted by Crippen LogP contribution is 2.36. The van der Waals surface area contributed by atoms with Crippen LogP contribution in [0.1, 0.15) is 18.9 Å². The van der Waals surface area contributed by atoms with Crippen LogP contribution in [0, 0.1) is 0 Å². The smallest absolute Gasteiger partial charge is 0.0570 e. The van der Waals surface area contributed by atoms with Crippen molar-refractivity contribution in [2.75, 3.05) is 11.4 Å². The van der Waals surface area contributed by atoms with Gasteiger partial charge in [0, 0.05) is 28.3 Å². The summed E-state index contributed by atoms with van der Waals surface area (Å²) in [5.74, 6) is 0. The van der Waals surface area contributed by atoms with Gasteiger partial charge in [-0.05, 0) is 52.2 Å². The standard InChI is InChI=1S/C16H18BrClN2/c1-2-8-20(13-6-4-3-5-7-13)16-10-15(18)12(11-19)9-14(16)17/h3-7,9-10H,2,8,11,19H2,1H3. The molecule has 20 heavy (non-hydrogen) atoms.